The van der Waals surface area contributed by atoms with Gasteiger partial charge in [-0.05, 0) is 98.6 Å². The first kappa shape index (κ1) is 31.4. The zero-order valence-corrected chi connectivity index (χ0v) is 26.0. The number of hydrogen-bond donors (Lipinski definition) is 0. The molecule has 45 heavy (non-hydrogen) atoms. The molecule has 0 aromatic heterocycles. The molecule has 240 valence electrons. The second kappa shape index (κ2) is 14.7. The number of rotatable bonds is 6. The van der Waals surface area contributed by atoms with Crippen LogP contribution in [0.2, 0.25) is 0 Å². The largest absolute Gasteiger partial charge is 0.393 e. The van der Waals surface area contributed by atoms with Gasteiger partial charge in [-0.15, -0.1) is 0 Å². The summed E-state index contributed by atoms with van der Waals surface area (Å²) >= 11 is 0. The smallest absolute Gasteiger partial charge is 0.316 e. The van der Waals surface area contributed by atoms with Crippen LogP contribution in [0.4, 0.5) is 0 Å². The molecule has 0 radical (unpaired) electrons. The van der Waals surface area contributed by atoms with Gasteiger partial charge in [-0.2, -0.15) is 0 Å². The maximum atomic E-state index is 13.0. The molecule has 0 N–H and O–H groups in total. The lowest BCUT2D eigenvalue weighted by molar-refractivity contribution is -0.167. The van der Waals surface area contributed by atoms with Gasteiger partial charge in [0.2, 0.25) is 0 Å². The highest BCUT2D eigenvalue weighted by atomic mass is 16.6. The van der Waals surface area contributed by atoms with E-state index in [2.05, 4.69) is 12.1 Å². The fourth-order valence-corrected chi connectivity index (χ4v) is 7.34. The van der Waals surface area contributed by atoms with Crippen molar-refractivity contribution in [3.8, 4) is 0 Å². The molecule has 4 aliphatic rings. The van der Waals surface area contributed by atoms with Crippen molar-refractivity contribution in [1.29, 1.82) is 0 Å². The Kier molecular flexibility index (Phi) is 10.3. The number of nitrogens with zero attached hydrogens (tertiary/aromatic N) is 2. The van der Waals surface area contributed by atoms with Crippen LogP contribution in [0, 0.1) is 11.8 Å². The SMILES string of the molecule is O=C(OC(=O)C1CCC(c2cccc(C(=O)N3CCOCC3)c2)CC1)C1CCC(c2cccc(C(=O)N3CCOCC3)c2)CC1. The van der Waals surface area contributed by atoms with E-state index in [0.717, 1.165) is 36.8 Å². The molecule has 2 saturated heterocycles. The summed E-state index contributed by atoms with van der Waals surface area (Å²) < 4.78 is 16.2. The van der Waals surface area contributed by atoms with Gasteiger partial charge in [0, 0.05) is 37.3 Å². The Balaban J connectivity index is 0.955. The van der Waals surface area contributed by atoms with E-state index in [1.165, 1.54) is 0 Å². The van der Waals surface area contributed by atoms with Crippen molar-refractivity contribution >= 4 is 23.8 Å². The van der Waals surface area contributed by atoms with Crippen molar-refractivity contribution < 1.29 is 33.4 Å². The lowest BCUT2D eigenvalue weighted by atomic mass is 9.78. The lowest BCUT2D eigenvalue weighted by Gasteiger charge is -2.30. The minimum absolute atomic E-state index is 0.0392. The molecular weight excluding hydrogens is 572 g/mol. The molecule has 2 amide bonds. The molecule has 2 aromatic carbocycles. The van der Waals surface area contributed by atoms with Crippen LogP contribution in [-0.4, -0.2) is 86.2 Å². The number of ether oxygens (including phenoxy) is 3. The van der Waals surface area contributed by atoms with Gasteiger partial charge >= 0.3 is 11.9 Å². The Labute approximate surface area is 265 Å². The molecule has 2 saturated carbocycles. The summed E-state index contributed by atoms with van der Waals surface area (Å²) in [7, 11) is 0. The van der Waals surface area contributed by atoms with Crippen LogP contribution in [0.1, 0.15) is 95.0 Å². The highest BCUT2D eigenvalue weighted by molar-refractivity contribution is 5.95. The minimum Gasteiger partial charge on any atom is -0.393 e. The monoisotopic (exact) mass is 616 g/mol. The lowest BCUT2D eigenvalue weighted by Crippen LogP contribution is -2.40. The van der Waals surface area contributed by atoms with Crippen molar-refractivity contribution in [3.63, 3.8) is 0 Å². The number of carbonyl (C=O) groups is 4. The van der Waals surface area contributed by atoms with Crippen LogP contribution in [0.15, 0.2) is 48.5 Å². The zero-order valence-electron chi connectivity index (χ0n) is 26.0. The van der Waals surface area contributed by atoms with Crippen LogP contribution < -0.4 is 0 Å². The number of benzene rings is 2. The van der Waals surface area contributed by atoms with Crippen LogP contribution >= 0.6 is 0 Å². The summed E-state index contributed by atoms with van der Waals surface area (Å²) in [6.45, 7) is 4.74. The third-order valence-corrected chi connectivity index (χ3v) is 10.1. The Hall–Kier alpha value is -3.56. The van der Waals surface area contributed by atoms with Crippen molar-refractivity contribution in [2.24, 2.45) is 11.8 Å². The molecule has 0 unspecified atom stereocenters. The summed E-state index contributed by atoms with van der Waals surface area (Å²) in [6.07, 6.45) is 5.97. The predicted octanol–water partition coefficient (Wildman–Crippen LogP) is 4.95. The molecule has 0 atom stereocenters. The summed E-state index contributed by atoms with van der Waals surface area (Å²) in [5.74, 6) is -0.704. The van der Waals surface area contributed by atoms with E-state index < -0.39 is 11.9 Å². The Morgan fingerprint density at radius 2 is 0.933 bits per heavy atom. The van der Waals surface area contributed by atoms with Gasteiger partial charge in [-0.25, -0.2) is 0 Å². The highest BCUT2D eigenvalue weighted by Crippen LogP contribution is 2.39. The van der Waals surface area contributed by atoms with E-state index in [1.807, 2.05) is 46.2 Å². The quantitative estimate of drug-likeness (QED) is 0.334. The molecule has 6 rings (SSSR count). The van der Waals surface area contributed by atoms with Gasteiger partial charge in [0.05, 0.1) is 38.3 Å². The van der Waals surface area contributed by atoms with E-state index >= 15 is 0 Å². The average Bonchev–Trinajstić information content (AvgIpc) is 3.12. The topological polar surface area (TPSA) is 102 Å². The van der Waals surface area contributed by atoms with Crippen molar-refractivity contribution in [3.05, 3.63) is 70.8 Å². The molecule has 2 aliphatic heterocycles. The standard InChI is InChI=1S/C36H44N2O7/c39-33(37-15-19-43-20-16-37)31-5-1-3-29(23-31)25-7-11-27(12-8-25)35(41)45-36(42)28-13-9-26(10-14-28)30-4-2-6-32(24-30)34(40)38-17-21-44-22-18-38/h1-6,23-28H,7-22H2. The van der Waals surface area contributed by atoms with Crippen LogP contribution in [0.5, 0.6) is 0 Å². The van der Waals surface area contributed by atoms with E-state index in [1.54, 1.807) is 0 Å². The van der Waals surface area contributed by atoms with Gasteiger partial charge in [0.15, 0.2) is 0 Å². The third kappa shape index (κ3) is 7.64. The molecule has 9 heteroatoms. The number of esters is 2. The predicted molar refractivity (Wildman–Crippen MR) is 167 cm³/mol. The molecule has 2 heterocycles. The summed E-state index contributed by atoms with van der Waals surface area (Å²) in [5, 5.41) is 0. The molecule has 9 nitrogen and oxygen atoms in total. The van der Waals surface area contributed by atoms with Crippen LogP contribution in [0.3, 0.4) is 0 Å². The molecule has 4 fully saturated rings. The molecule has 0 bridgehead atoms. The normalized spacial score (nSPS) is 25.8. The fourth-order valence-electron chi connectivity index (χ4n) is 7.34. The highest BCUT2D eigenvalue weighted by Gasteiger charge is 2.34. The first-order valence-corrected chi connectivity index (χ1v) is 16.7. The molecular formula is C36H44N2O7. The van der Waals surface area contributed by atoms with Gasteiger partial charge < -0.3 is 24.0 Å². The number of carbonyl (C=O) groups excluding carboxylic acids is 4. The van der Waals surface area contributed by atoms with Gasteiger partial charge in [0.25, 0.3) is 11.8 Å². The first-order chi connectivity index (χ1) is 22.0. The molecule has 2 aliphatic carbocycles. The summed E-state index contributed by atoms with van der Waals surface area (Å²) in [4.78, 5) is 55.5. The van der Waals surface area contributed by atoms with Gasteiger partial charge in [0.1, 0.15) is 0 Å². The second-order valence-electron chi connectivity index (χ2n) is 12.9. The van der Waals surface area contributed by atoms with Crippen LogP contribution in [0.25, 0.3) is 0 Å². The number of morpholine rings is 2. The van der Waals surface area contributed by atoms with E-state index in [4.69, 9.17) is 14.2 Å². The molecule has 0 spiro atoms. The number of hydrogen-bond acceptors (Lipinski definition) is 7. The van der Waals surface area contributed by atoms with Crippen LogP contribution in [-0.2, 0) is 23.8 Å². The van der Waals surface area contributed by atoms with Gasteiger partial charge in [-0.1, -0.05) is 24.3 Å². The van der Waals surface area contributed by atoms with E-state index in [9.17, 15) is 19.2 Å². The summed E-state index contributed by atoms with van der Waals surface area (Å²) in [6, 6.07) is 15.8. The van der Waals surface area contributed by atoms with Crippen molar-refractivity contribution in [2.75, 3.05) is 52.6 Å². The van der Waals surface area contributed by atoms with E-state index in [-0.39, 0.29) is 35.5 Å². The Bertz CT molecular complexity index is 1260. The zero-order chi connectivity index (χ0) is 31.2. The number of amides is 2. The summed E-state index contributed by atoms with van der Waals surface area (Å²) in [5.41, 5.74) is 3.66. The van der Waals surface area contributed by atoms with E-state index in [0.29, 0.717) is 89.4 Å². The fraction of sp³-hybridized carbons (Fsp3) is 0.556. The van der Waals surface area contributed by atoms with Crippen molar-refractivity contribution in [2.45, 2.75) is 63.2 Å². The first-order valence-electron chi connectivity index (χ1n) is 16.7. The average molecular weight is 617 g/mol. The Morgan fingerprint density at radius 3 is 1.31 bits per heavy atom. The maximum Gasteiger partial charge on any atom is 0.316 e. The third-order valence-electron chi connectivity index (χ3n) is 10.1. The second-order valence-corrected chi connectivity index (χ2v) is 12.9. The van der Waals surface area contributed by atoms with Gasteiger partial charge in [-0.3, -0.25) is 19.2 Å². The Morgan fingerprint density at radius 1 is 0.556 bits per heavy atom. The molecule has 2 aromatic rings. The minimum atomic E-state index is -0.397. The maximum absolute atomic E-state index is 13.0. The van der Waals surface area contributed by atoms with Crippen molar-refractivity contribution in [1.82, 2.24) is 9.80 Å².